The average Bonchev–Trinajstić information content (AvgIpc) is 2.73. The topological polar surface area (TPSA) is 49.3 Å². The molecule has 0 bridgehead atoms. The predicted octanol–water partition coefficient (Wildman–Crippen LogP) is 2.07. The van der Waals surface area contributed by atoms with Crippen LogP contribution in [0.5, 0.6) is 0 Å². The lowest BCUT2D eigenvalue weighted by Crippen LogP contribution is -2.66. The van der Waals surface area contributed by atoms with Gasteiger partial charge in [-0.05, 0) is 34.6 Å². The van der Waals surface area contributed by atoms with Crippen LogP contribution < -0.4 is 4.90 Å². The van der Waals surface area contributed by atoms with Crippen LogP contribution in [0.2, 0.25) is 0 Å². The van der Waals surface area contributed by atoms with Crippen LogP contribution in [-0.2, 0) is 4.79 Å². The summed E-state index contributed by atoms with van der Waals surface area (Å²) in [6, 6.07) is 0.825. The van der Waals surface area contributed by atoms with Crippen molar-refractivity contribution in [1.29, 1.82) is 0 Å². The van der Waals surface area contributed by atoms with E-state index in [-0.39, 0.29) is 30.1 Å². The van der Waals surface area contributed by atoms with Crippen LogP contribution in [0.4, 0.5) is 5.13 Å². The number of rotatable bonds is 1. The SMILES string of the molecule is CC(=O)N1C(C)C(C)N(c2nc(C)ns2)C(C)C1C. The van der Waals surface area contributed by atoms with E-state index in [2.05, 4.69) is 42.0 Å². The van der Waals surface area contributed by atoms with Gasteiger partial charge >= 0.3 is 0 Å². The number of carbonyl (C=O) groups excluding carboxylic acids is 1. The molecule has 1 amide bonds. The first kappa shape index (κ1) is 14.2. The van der Waals surface area contributed by atoms with Crippen LogP contribution >= 0.6 is 11.5 Å². The molecule has 106 valence electrons. The highest BCUT2D eigenvalue weighted by Crippen LogP contribution is 2.32. The average molecular weight is 282 g/mol. The van der Waals surface area contributed by atoms with Gasteiger partial charge in [0.1, 0.15) is 5.82 Å². The predicted molar refractivity (Wildman–Crippen MR) is 77.5 cm³/mol. The lowest BCUT2D eigenvalue weighted by molar-refractivity contribution is -0.135. The van der Waals surface area contributed by atoms with Crippen molar-refractivity contribution < 1.29 is 4.79 Å². The molecule has 1 fully saturated rings. The smallest absolute Gasteiger partial charge is 0.220 e. The summed E-state index contributed by atoms with van der Waals surface area (Å²) in [5.41, 5.74) is 0. The van der Waals surface area contributed by atoms with Crippen molar-refractivity contribution in [2.24, 2.45) is 0 Å². The Bertz CT molecular complexity index is 459. The van der Waals surface area contributed by atoms with E-state index in [1.165, 1.54) is 11.5 Å². The van der Waals surface area contributed by atoms with Crippen molar-refractivity contribution in [3.8, 4) is 0 Å². The molecule has 0 aliphatic carbocycles. The van der Waals surface area contributed by atoms with Crippen molar-refractivity contribution in [3.63, 3.8) is 0 Å². The van der Waals surface area contributed by atoms with E-state index in [4.69, 9.17) is 0 Å². The highest BCUT2D eigenvalue weighted by Gasteiger charge is 2.42. The van der Waals surface area contributed by atoms with E-state index in [1.807, 2.05) is 11.8 Å². The molecule has 2 rings (SSSR count). The zero-order valence-corrected chi connectivity index (χ0v) is 13.2. The molecule has 5 nitrogen and oxygen atoms in total. The number of aryl methyl sites for hydroxylation is 1. The number of anilines is 1. The van der Waals surface area contributed by atoms with Gasteiger partial charge in [0, 0.05) is 42.6 Å². The first-order chi connectivity index (χ1) is 8.84. The van der Waals surface area contributed by atoms with E-state index in [0.717, 1.165) is 11.0 Å². The highest BCUT2D eigenvalue weighted by molar-refractivity contribution is 7.09. The second kappa shape index (κ2) is 5.07. The van der Waals surface area contributed by atoms with Crippen molar-refractivity contribution in [3.05, 3.63) is 5.82 Å². The van der Waals surface area contributed by atoms with Gasteiger partial charge in [-0.2, -0.15) is 4.37 Å². The highest BCUT2D eigenvalue weighted by atomic mass is 32.1. The monoisotopic (exact) mass is 282 g/mol. The van der Waals surface area contributed by atoms with E-state index in [9.17, 15) is 4.79 Å². The molecule has 0 spiro atoms. The molecule has 1 aliphatic heterocycles. The Balaban J connectivity index is 2.34. The summed E-state index contributed by atoms with van der Waals surface area (Å²) in [6.45, 7) is 12.1. The minimum absolute atomic E-state index is 0.145. The van der Waals surface area contributed by atoms with Gasteiger partial charge in [0.2, 0.25) is 11.0 Å². The number of aromatic nitrogens is 2. The molecule has 0 radical (unpaired) electrons. The molecule has 0 aromatic carbocycles. The largest absolute Gasteiger partial charge is 0.337 e. The Hall–Kier alpha value is -1.17. The molecular weight excluding hydrogens is 260 g/mol. The fourth-order valence-electron chi connectivity index (χ4n) is 2.98. The Kier molecular flexibility index (Phi) is 3.80. The fourth-order valence-corrected chi connectivity index (χ4v) is 3.84. The van der Waals surface area contributed by atoms with Gasteiger partial charge in [0.05, 0.1) is 0 Å². The normalized spacial score (nSPS) is 31.7. The van der Waals surface area contributed by atoms with Crippen LogP contribution in [0.25, 0.3) is 0 Å². The van der Waals surface area contributed by atoms with Crippen LogP contribution in [0.15, 0.2) is 0 Å². The molecule has 1 aliphatic rings. The summed E-state index contributed by atoms with van der Waals surface area (Å²) >= 11 is 1.44. The van der Waals surface area contributed by atoms with Gasteiger partial charge in [-0.3, -0.25) is 4.79 Å². The van der Waals surface area contributed by atoms with Crippen molar-refractivity contribution >= 4 is 22.6 Å². The van der Waals surface area contributed by atoms with E-state index >= 15 is 0 Å². The lowest BCUT2D eigenvalue weighted by Gasteiger charge is -2.52. The number of amides is 1. The van der Waals surface area contributed by atoms with Crippen LogP contribution in [0.3, 0.4) is 0 Å². The molecule has 1 saturated heterocycles. The van der Waals surface area contributed by atoms with Gasteiger partial charge < -0.3 is 9.80 Å². The van der Waals surface area contributed by atoms with Gasteiger partial charge in [0.15, 0.2) is 0 Å². The van der Waals surface area contributed by atoms with Gasteiger partial charge in [-0.1, -0.05) is 0 Å². The Morgan fingerprint density at radius 1 is 1.11 bits per heavy atom. The third-order valence-electron chi connectivity index (χ3n) is 4.25. The molecule has 6 heteroatoms. The van der Waals surface area contributed by atoms with Crippen molar-refractivity contribution in [1.82, 2.24) is 14.3 Å². The Labute approximate surface area is 118 Å². The summed E-state index contributed by atoms with van der Waals surface area (Å²) in [6.07, 6.45) is 0. The molecule has 4 unspecified atom stereocenters. The second-order valence-corrected chi connectivity index (χ2v) is 6.15. The maximum absolute atomic E-state index is 11.8. The minimum Gasteiger partial charge on any atom is -0.337 e. The molecule has 1 aromatic heterocycles. The summed E-state index contributed by atoms with van der Waals surface area (Å²) in [5, 5.41) is 0.958. The minimum atomic E-state index is 0.145. The molecule has 4 atom stereocenters. The third kappa shape index (κ3) is 2.33. The first-order valence-corrected chi connectivity index (χ1v) is 7.49. The number of nitrogens with zero attached hydrogens (tertiary/aromatic N) is 4. The lowest BCUT2D eigenvalue weighted by atomic mass is 9.95. The van der Waals surface area contributed by atoms with Gasteiger partial charge in [-0.15, -0.1) is 0 Å². The molecule has 2 heterocycles. The zero-order chi connectivity index (χ0) is 14.3. The first-order valence-electron chi connectivity index (χ1n) is 6.72. The van der Waals surface area contributed by atoms with Crippen LogP contribution in [-0.4, -0.2) is 44.3 Å². The van der Waals surface area contributed by atoms with Crippen LogP contribution in [0.1, 0.15) is 40.4 Å². The fraction of sp³-hybridized carbons (Fsp3) is 0.769. The standard InChI is InChI=1S/C13H22N4OS/c1-7-9(3)17(13-14-11(5)15-19-13)10(4)8(2)16(7)12(6)18/h7-10H,1-6H3. The summed E-state index contributed by atoms with van der Waals surface area (Å²) < 4.78 is 4.27. The number of hydrogen-bond acceptors (Lipinski definition) is 5. The molecule has 0 N–H and O–H groups in total. The molecule has 19 heavy (non-hydrogen) atoms. The summed E-state index contributed by atoms with van der Waals surface area (Å²) in [4.78, 5) is 20.6. The Morgan fingerprint density at radius 3 is 2.00 bits per heavy atom. The van der Waals surface area contributed by atoms with Gasteiger partial charge in [0.25, 0.3) is 0 Å². The van der Waals surface area contributed by atoms with Crippen molar-refractivity contribution in [2.75, 3.05) is 4.90 Å². The maximum atomic E-state index is 11.8. The van der Waals surface area contributed by atoms with E-state index in [0.29, 0.717) is 0 Å². The number of hydrogen-bond donors (Lipinski definition) is 0. The second-order valence-electron chi connectivity index (χ2n) is 5.42. The summed E-state index contributed by atoms with van der Waals surface area (Å²) in [7, 11) is 0. The Morgan fingerprint density at radius 2 is 1.63 bits per heavy atom. The molecular formula is C13H22N4OS. The number of carbonyl (C=O) groups is 1. The zero-order valence-electron chi connectivity index (χ0n) is 12.4. The third-order valence-corrected chi connectivity index (χ3v) is 5.07. The summed E-state index contributed by atoms with van der Waals surface area (Å²) in [5.74, 6) is 0.959. The number of piperazine rings is 1. The van der Waals surface area contributed by atoms with Crippen LogP contribution in [0, 0.1) is 6.92 Å². The molecule has 0 saturated carbocycles. The van der Waals surface area contributed by atoms with E-state index in [1.54, 1.807) is 6.92 Å². The molecule has 1 aromatic rings. The van der Waals surface area contributed by atoms with Gasteiger partial charge in [-0.25, -0.2) is 4.98 Å². The maximum Gasteiger partial charge on any atom is 0.220 e. The van der Waals surface area contributed by atoms with Crippen molar-refractivity contribution in [2.45, 2.75) is 65.7 Å². The quantitative estimate of drug-likeness (QED) is 0.791. The van der Waals surface area contributed by atoms with E-state index < -0.39 is 0 Å².